The average molecular weight is 536 g/mol. The van der Waals surface area contributed by atoms with E-state index in [-0.39, 0.29) is 42.6 Å². The summed E-state index contributed by atoms with van der Waals surface area (Å²) in [5.41, 5.74) is 1.20. The first-order valence-electron chi connectivity index (χ1n) is 13.4. The second-order valence-corrected chi connectivity index (χ2v) is 11.2. The van der Waals surface area contributed by atoms with Crippen LogP contribution in [-0.4, -0.2) is 66.3 Å². The largest absolute Gasteiger partial charge is 0.352 e. The van der Waals surface area contributed by atoms with Crippen molar-refractivity contribution in [3.05, 3.63) is 71.8 Å². The van der Waals surface area contributed by atoms with Crippen LogP contribution in [-0.2, 0) is 19.2 Å². The highest BCUT2D eigenvalue weighted by Crippen LogP contribution is 2.28. The molecule has 4 amide bonds. The monoisotopic (exact) mass is 535 g/mol. The quantitative estimate of drug-likeness (QED) is 0.392. The summed E-state index contributed by atoms with van der Waals surface area (Å²) in [5, 5.41) is 11.8. The Bertz CT molecular complexity index is 1110. The van der Waals surface area contributed by atoms with E-state index >= 15 is 0 Å². The molecule has 39 heavy (non-hydrogen) atoms. The van der Waals surface area contributed by atoms with Crippen molar-refractivity contribution < 1.29 is 19.2 Å². The summed E-state index contributed by atoms with van der Waals surface area (Å²) in [6.07, 6.45) is 0.269. The fraction of sp³-hybridized carbons (Fsp3) is 0.467. The maximum atomic E-state index is 14.0. The number of benzene rings is 2. The molecule has 210 valence electrons. The Morgan fingerprint density at radius 3 is 1.90 bits per heavy atom. The predicted molar refractivity (Wildman–Crippen MR) is 150 cm³/mol. The van der Waals surface area contributed by atoms with Gasteiger partial charge in [-0.1, -0.05) is 81.4 Å². The van der Waals surface area contributed by atoms with E-state index in [9.17, 15) is 19.2 Å². The second-order valence-electron chi connectivity index (χ2n) is 11.2. The van der Waals surface area contributed by atoms with Crippen LogP contribution >= 0.6 is 0 Å². The molecule has 1 heterocycles. The van der Waals surface area contributed by atoms with E-state index in [0.29, 0.717) is 0 Å². The first-order chi connectivity index (χ1) is 18.4. The zero-order chi connectivity index (χ0) is 28.7. The van der Waals surface area contributed by atoms with Crippen LogP contribution in [0.1, 0.15) is 58.2 Å². The third kappa shape index (κ3) is 7.66. The molecule has 1 saturated heterocycles. The lowest BCUT2D eigenvalue weighted by atomic mass is 9.85. The van der Waals surface area contributed by atoms with Gasteiger partial charge in [-0.3, -0.25) is 19.2 Å². The summed E-state index contributed by atoms with van der Waals surface area (Å²) < 4.78 is 0. The van der Waals surface area contributed by atoms with Crippen LogP contribution in [0.5, 0.6) is 0 Å². The Morgan fingerprint density at radius 2 is 1.44 bits per heavy atom. The average Bonchev–Trinajstić information content (AvgIpc) is 3.32. The highest BCUT2D eigenvalue weighted by Gasteiger charge is 2.45. The molecule has 1 aliphatic rings. The number of rotatable bonds is 9. The molecule has 3 rings (SSSR count). The minimum absolute atomic E-state index is 0.169. The number of carbonyl (C=O) groups is 4. The first-order valence-corrected chi connectivity index (χ1v) is 13.4. The fourth-order valence-corrected chi connectivity index (χ4v) is 4.82. The van der Waals surface area contributed by atoms with Gasteiger partial charge in [-0.15, -0.1) is 0 Å². The van der Waals surface area contributed by atoms with Gasteiger partial charge in [-0.25, -0.2) is 0 Å². The van der Waals surface area contributed by atoms with E-state index in [4.69, 9.17) is 0 Å². The van der Waals surface area contributed by atoms with Gasteiger partial charge in [-0.2, -0.15) is 0 Å². The SMILES string of the molecule is CN[C@@H](C)C(=O)N[C@H](C(=O)N1C[C@@H](NC(C)=O)C[C@H]1C(=O)NC(c1ccccc1)c1ccccc1)C(C)(C)C. The Kier molecular flexibility index (Phi) is 9.86. The molecule has 0 unspecified atom stereocenters. The highest BCUT2D eigenvalue weighted by atomic mass is 16.2. The van der Waals surface area contributed by atoms with E-state index in [2.05, 4.69) is 21.3 Å². The Hall–Kier alpha value is -3.72. The lowest BCUT2D eigenvalue weighted by Crippen LogP contribution is -2.59. The zero-order valence-corrected chi connectivity index (χ0v) is 23.7. The van der Waals surface area contributed by atoms with Crippen LogP contribution in [0.15, 0.2) is 60.7 Å². The maximum Gasteiger partial charge on any atom is 0.246 e. The summed E-state index contributed by atoms with van der Waals surface area (Å²) in [7, 11) is 1.67. The van der Waals surface area contributed by atoms with Crippen LogP contribution in [0.4, 0.5) is 0 Å². The van der Waals surface area contributed by atoms with Gasteiger partial charge < -0.3 is 26.2 Å². The van der Waals surface area contributed by atoms with Crippen LogP contribution in [0.25, 0.3) is 0 Å². The zero-order valence-electron chi connectivity index (χ0n) is 23.7. The van der Waals surface area contributed by atoms with Gasteiger partial charge in [0.15, 0.2) is 0 Å². The summed E-state index contributed by atoms with van der Waals surface area (Å²) in [5.74, 6) is -1.22. The molecular weight excluding hydrogens is 494 g/mol. The smallest absolute Gasteiger partial charge is 0.246 e. The molecule has 2 aromatic rings. The van der Waals surface area contributed by atoms with Gasteiger partial charge in [-0.05, 0) is 36.9 Å². The van der Waals surface area contributed by atoms with E-state index in [1.165, 1.54) is 11.8 Å². The van der Waals surface area contributed by atoms with Crippen molar-refractivity contribution in [1.82, 2.24) is 26.2 Å². The molecule has 9 heteroatoms. The Balaban J connectivity index is 1.93. The maximum absolute atomic E-state index is 14.0. The van der Waals surface area contributed by atoms with Crippen molar-refractivity contribution >= 4 is 23.6 Å². The molecule has 4 atom stereocenters. The van der Waals surface area contributed by atoms with Gasteiger partial charge in [0.05, 0.1) is 12.1 Å². The molecule has 0 bridgehead atoms. The van der Waals surface area contributed by atoms with Crippen molar-refractivity contribution in [3.8, 4) is 0 Å². The molecule has 0 aromatic heterocycles. The topological polar surface area (TPSA) is 120 Å². The molecule has 1 fully saturated rings. The number of carbonyl (C=O) groups excluding carboxylic acids is 4. The molecule has 9 nitrogen and oxygen atoms in total. The fourth-order valence-electron chi connectivity index (χ4n) is 4.82. The van der Waals surface area contributed by atoms with Gasteiger partial charge in [0.2, 0.25) is 23.6 Å². The van der Waals surface area contributed by atoms with Gasteiger partial charge >= 0.3 is 0 Å². The molecule has 0 radical (unpaired) electrons. The molecule has 4 N–H and O–H groups in total. The molecule has 0 aliphatic carbocycles. The summed E-state index contributed by atoms with van der Waals surface area (Å²) >= 11 is 0. The van der Waals surface area contributed by atoms with Crippen molar-refractivity contribution in [3.63, 3.8) is 0 Å². The summed E-state index contributed by atoms with van der Waals surface area (Å²) in [6.45, 7) is 8.91. The number of hydrogen-bond acceptors (Lipinski definition) is 5. The molecule has 0 saturated carbocycles. The molecule has 0 spiro atoms. The number of hydrogen-bond donors (Lipinski definition) is 4. The summed E-state index contributed by atoms with van der Waals surface area (Å²) in [4.78, 5) is 54.0. The van der Waals surface area contributed by atoms with Crippen LogP contribution in [0.2, 0.25) is 0 Å². The lowest BCUT2D eigenvalue weighted by molar-refractivity contribution is -0.144. The first kappa shape index (κ1) is 29.8. The Labute approximate surface area is 231 Å². The van der Waals surface area contributed by atoms with Crippen LogP contribution < -0.4 is 21.3 Å². The number of likely N-dealkylation sites (N-methyl/N-ethyl adjacent to an activating group) is 1. The van der Waals surface area contributed by atoms with Gasteiger partial charge in [0.1, 0.15) is 12.1 Å². The Morgan fingerprint density at radius 1 is 0.897 bits per heavy atom. The van der Waals surface area contributed by atoms with Gasteiger partial charge in [0.25, 0.3) is 0 Å². The predicted octanol–water partition coefficient (Wildman–Crippen LogP) is 2.14. The minimum Gasteiger partial charge on any atom is -0.352 e. The number of likely N-dealkylation sites (tertiary alicyclic amines) is 1. The van der Waals surface area contributed by atoms with Crippen LogP contribution in [0, 0.1) is 5.41 Å². The second kappa shape index (κ2) is 12.9. The summed E-state index contributed by atoms with van der Waals surface area (Å²) in [6, 6.07) is 16.3. The van der Waals surface area contributed by atoms with Crippen molar-refractivity contribution in [2.45, 2.75) is 71.2 Å². The van der Waals surface area contributed by atoms with Crippen LogP contribution in [0.3, 0.4) is 0 Å². The highest BCUT2D eigenvalue weighted by molar-refractivity contribution is 5.94. The molecule has 2 aromatic carbocycles. The third-order valence-electron chi connectivity index (χ3n) is 7.07. The van der Waals surface area contributed by atoms with E-state index in [1.54, 1.807) is 14.0 Å². The number of amides is 4. The minimum atomic E-state index is -0.869. The molecular formula is C30H41N5O4. The van der Waals surface area contributed by atoms with E-state index in [1.807, 2.05) is 81.4 Å². The van der Waals surface area contributed by atoms with Crippen molar-refractivity contribution in [2.24, 2.45) is 5.41 Å². The standard InChI is InChI=1S/C30H41N5O4/c1-19(31-6)27(37)34-26(30(3,4)5)29(39)35-18-23(32-20(2)36)17-24(35)28(38)33-25(21-13-9-7-10-14-21)22-15-11-8-12-16-22/h7-16,19,23-26,31H,17-18H2,1-6H3,(H,32,36)(H,33,38)(H,34,37)/t19-,23-,24-,26+/m0/s1. The van der Waals surface area contributed by atoms with E-state index in [0.717, 1.165) is 11.1 Å². The van der Waals surface area contributed by atoms with Crippen molar-refractivity contribution in [2.75, 3.05) is 13.6 Å². The lowest BCUT2D eigenvalue weighted by Gasteiger charge is -2.36. The van der Waals surface area contributed by atoms with E-state index < -0.39 is 29.6 Å². The molecule has 1 aliphatic heterocycles. The normalized spacial score (nSPS) is 18.8. The van der Waals surface area contributed by atoms with Gasteiger partial charge in [0, 0.05) is 19.5 Å². The number of nitrogens with zero attached hydrogens (tertiary/aromatic N) is 1. The number of nitrogens with one attached hydrogen (secondary N) is 4. The van der Waals surface area contributed by atoms with Crippen molar-refractivity contribution in [1.29, 1.82) is 0 Å². The third-order valence-corrected chi connectivity index (χ3v) is 7.07.